The van der Waals surface area contributed by atoms with E-state index >= 15 is 0 Å². The second kappa shape index (κ2) is 3.53. The molecule has 0 aromatic heterocycles. The SMILES string of the molecule is COC(=O)C(C)(C)[C@H](N)C(=O)O. The lowest BCUT2D eigenvalue weighted by molar-refractivity contribution is -0.158. The minimum absolute atomic E-state index is 0.627. The molecule has 5 heteroatoms. The van der Waals surface area contributed by atoms with Crippen LogP contribution in [0.5, 0.6) is 0 Å². The molecule has 0 spiro atoms. The summed E-state index contributed by atoms with van der Waals surface area (Å²) in [6.07, 6.45) is 0. The molecule has 1 atom stereocenters. The topological polar surface area (TPSA) is 89.6 Å². The summed E-state index contributed by atoms with van der Waals surface area (Å²) in [7, 11) is 1.19. The van der Waals surface area contributed by atoms with E-state index < -0.39 is 23.4 Å². The number of carboxylic acids is 1. The van der Waals surface area contributed by atoms with Crippen molar-refractivity contribution in [1.82, 2.24) is 0 Å². The van der Waals surface area contributed by atoms with E-state index in [9.17, 15) is 9.59 Å². The van der Waals surface area contributed by atoms with Gasteiger partial charge in [-0.1, -0.05) is 0 Å². The molecule has 0 bridgehead atoms. The second-order valence-electron chi connectivity index (χ2n) is 3.03. The Kier molecular flexibility index (Phi) is 3.21. The molecule has 0 aromatic rings. The maximum absolute atomic E-state index is 11.0. The number of ether oxygens (including phenoxy) is 1. The molecular weight excluding hydrogens is 162 g/mol. The lowest BCUT2D eigenvalue weighted by atomic mass is 9.85. The summed E-state index contributed by atoms with van der Waals surface area (Å²) >= 11 is 0. The summed E-state index contributed by atoms with van der Waals surface area (Å²) in [5.74, 6) is -1.84. The van der Waals surface area contributed by atoms with Crippen LogP contribution in [-0.2, 0) is 14.3 Å². The smallest absolute Gasteiger partial charge is 0.321 e. The molecule has 70 valence electrons. The second-order valence-corrected chi connectivity index (χ2v) is 3.03. The third-order valence-electron chi connectivity index (χ3n) is 1.76. The molecule has 0 unspecified atom stereocenters. The monoisotopic (exact) mass is 175 g/mol. The van der Waals surface area contributed by atoms with Gasteiger partial charge in [-0.25, -0.2) is 0 Å². The third-order valence-corrected chi connectivity index (χ3v) is 1.76. The van der Waals surface area contributed by atoms with E-state index in [1.807, 2.05) is 0 Å². The molecule has 0 aliphatic heterocycles. The zero-order chi connectivity index (χ0) is 9.94. The molecule has 0 aliphatic carbocycles. The zero-order valence-electron chi connectivity index (χ0n) is 7.33. The van der Waals surface area contributed by atoms with Crippen LogP contribution in [0.3, 0.4) is 0 Å². The van der Waals surface area contributed by atoms with E-state index in [4.69, 9.17) is 10.8 Å². The Hall–Kier alpha value is -1.10. The third kappa shape index (κ3) is 1.94. The Morgan fingerprint density at radius 1 is 1.50 bits per heavy atom. The molecule has 0 heterocycles. The first-order valence-corrected chi connectivity index (χ1v) is 3.40. The fourth-order valence-electron chi connectivity index (χ4n) is 0.699. The molecule has 0 saturated carbocycles. The Labute approximate surface area is 70.5 Å². The van der Waals surface area contributed by atoms with Gasteiger partial charge in [0.25, 0.3) is 0 Å². The highest BCUT2D eigenvalue weighted by molar-refractivity contribution is 5.86. The number of esters is 1. The highest BCUT2D eigenvalue weighted by Gasteiger charge is 2.39. The number of rotatable bonds is 3. The molecule has 0 aromatic carbocycles. The van der Waals surface area contributed by atoms with Crippen molar-refractivity contribution in [3.8, 4) is 0 Å². The van der Waals surface area contributed by atoms with Crippen molar-refractivity contribution in [2.75, 3.05) is 7.11 Å². The van der Waals surface area contributed by atoms with Crippen LogP contribution in [0.25, 0.3) is 0 Å². The summed E-state index contributed by atoms with van der Waals surface area (Å²) < 4.78 is 4.40. The zero-order valence-corrected chi connectivity index (χ0v) is 7.33. The minimum Gasteiger partial charge on any atom is -0.480 e. The summed E-state index contributed by atoms with van der Waals surface area (Å²) in [6.45, 7) is 2.86. The normalized spacial score (nSPS) is 13.7. The highest BCUT2D eigenvalue weighted by Crippen LogP contribution is 2.20. The van der Waals surface area contributed by atoms with Crippen molar-refractivity contribution in [1.29, 1.82) is 0 Å². The quantitative estimate of drug-likeness (QED) is 0.569. The molecule has 0 amide bonds. The van der Waals surface area contributed by atoms with Crippen molar-refractivity contribution >= 4 is 11.9 Å². The van der Waals surface area contributed by atoms with Crippen molar-refractivity contribution in [2.45, 2.75) is 19.9 Å². The van der Waals surface area contributed by atoms with Crippen LogP contribution in [0.1, 0.15) is 13.8 Å². The van der Waals surface area contributed by atoms with Gasteiger partial charge in [0.15, 0.2) is 0 Å². The van der Waals surface area contributed by atoms with Gasteiger partial charge < -0.3 is 15.6 Å². The minimum atomic E-state index is -1.25. The van der Waals surface area contributed by atoms with Gasteiger partial charge in [-0.05, 0) is 13.8 Å². The predicted molar refractivity (Wildman–Crippen MR) is 41.4 cm³/mol. The maximum atomic E-state index is 11.0. The molecule has 0 aliphatic rings. The van der Waals surface area contributed by atoms with Crippen LogP contribution in [-0.4, -0.2) is 30.2 Å². The maximum Gasteiger partial charge on any atom is 0.321 e. The van der Waals surface area contributed by atoms with E-state index in [1.165, 1.54) is 21.0 Å². The van der Waals surface area contributed by atoms with E-state index in [0.29, 0.717) is 0 Å². The van der Waals surface area contributed by atoms with Crippen molar-refractivity contribution < 1.29 is 19.4 Å². The number of carbonyl (C=O) groups is 2. The number of aliphatic carboxylic acids is 1. The van der Waals surface area contributed by atoms with Crippen LogP contribution < -0.4 is 5.73 Å². The van der Waals surface area contributed by atoms with Crippen LogP contribution in [0.4, 0.5) is 0 Å². The number of nitrogens with two attached hydrogens (primary N) is 1. The summed E-state index contributed by atoms with van der Waals surface area (Å²) in [6, 6.07) is -1.25. The Morgan fingerprint density at radius 3 is 2.17 bits per heavy atom. The number of carbonyl (C=O) groups excluding carboxylic acids is 1. The summed E-state index contributed by atoms with van der Waals surface area (Å²) in [5.41, 5.74) is 4.08. The molecule has 0 saturated heterocycles. The molecule has 0 rings (SSSR count). The Balaban J connectivity index is 4.60. The van der Waals surface area contributed by atoms with E-state index in [0.717, 1.165) is 0 Å². The van der Waals surface area contributed by atoms with E-state index in [1.54, 1.807) is 0 Å². The van der Waals surface area contributed by atoms with Gasteiger partial charge in [0.1, 0.15) is 6.04 Å². The fourth-order valence-corrected chi connectivity index (χ4v) is 0.699. The van der Waals surface area contributed by atoms with Gasteiger partial charge >= 0.3 is 11.9 Å². The van der Waals surface area contributed by atoms with Gasteiger partial charge in [-0.15, -0.1) is 0 Å². The molecule has 0 fully saturated rings. The van der Waals surface area contributed by atoms with E-state index in [2.05, 4.69) is 4.74 Å². The first-order chi connectivity index (χ1) is 5.34. The van der Waals surface area contributed by atoms with Gasteiger partial charge in [0, 0.05) is 0 Å². The standard InChI is InChI=1S/C7H13NO4/c1-7(2,6(11)12-3)4(8)5(9)10/h4H,8H2,1-3H3,(H,9,10)/t4-/m1/s1. The average Bonchev–Trinajstić information content (AvgIpc) is 2.01. The van der Waals surface area contributed by atoms with E-state index in [-0.39, 0.29) is 0 Å². The van der Waals surface area contributed by atoms with Crippen LogP contribution in [0, 0.1) is 5.41 Å². The van der Waals surface area contributed by atoms with Gasteiger partial charge in [0.2, 0.25) is 0 Å². The lowest BCUT2D eigenvalue weighted by Gasteiger charge is -2.24. The van der Waals surface area contributed by atoms with Crippen LogP contribution in [0.15, 0.2) is 0 Å². The van der Waals surface area contributed by atoms with Crippen molar-refractivity contribution in [3.05, 3.63) is 0 Å². The molecule has 0 radical (unpaired) electrons. The molecule has 5 nitrogen and oxygen atoms in total. The molecule has 12 heavy (non-hydrogen) atoms. The number of hydrogen-bond donors (Lipinski definition) is 2. The van der Waals surface area contributed by atoms with Crippen LogP contribution >= 0.6 is 0 Å². The van der Waals surface area contributed by atoms with Gasteiger partial charge in [0.05, 0.1) is 12.5 Å². The highest BCUT2D eigenvalue weighted by atomic mass is 16.5. The lowest BCUT2D eigenvalue weighted by Crippen LogP contribution is -2.48. The fraction of sp³-hybridized carbons (Fsp3) is 0.714. The average molecular weight is 175 g/mol. The summed E-state index contributed by atoms with van der Waals surface area (Å²) in [5, 5.41) is 8.53. The van der Waals surface area contributed by atoms with Gasteiger partial charge in [-0.3, -0.25) is 9.59 Å². The molecular formula is C7H13NO4. The van der Waals surface area contributed by atoms with Crippen molar-refractivity contribution in [3.63, 3.8) is 0 Å². The number of hydrogen-bond acceptors (Lipinski definition) is 4. The predicted octanol–water partition coefficient (Wildman–Crippen LogP) is -0.402. The summed E-state index contributed by atoms with van der Waals surface area (Å²) in [4.78, 5) is 21.4. The number of carboxylic acid groups (broad SMARTS) is 1. The number of methoxy groups -OCH3 is 1. The Morgan fingerprint density at radius 2 is 1.92 bits per heavy atom. The van der Waals surface area contributed by atoms with Crippen molar-refractivity contribution in [2.24, 2.45) is 11.1 Å². The largest absolute Gasteiger partial charge is 0.480 e. The van der Waals surface area contributed by atoms with Gasteiger partial charge in [-0.2, -0.15) is 0 Å². The first-order valence-electron chi connectivity index (χ1n) is 3.40. The van der Waals surface area contributed by atoms with Crippen LogP contribution in [0.2, 0.25) is 0 Å². The first kappa shape index (κ1) is 10.9. The Bertz CT molecular complexity index is 200. The molecule has 3 N–H and O–H groups in total.